The number of Topliss-reactive ketones (excluding diaryl/α,β-unsaturated/α-hetero) is 1. The topological polar surface area (TPSA) is 29.5 Å². The first kappa shape index (κ1) is 19.7. The van der Waals surface area contributed by atoms with E-state index in [-0.39, 0.29) is 5.78 Å². The Hall–Kier alpha value is -1.61. The Labute approximate surface area is 153 Å². The second kappa shape index (κ2) is 11.1. The van der Waals surface area contributed by atoms with E-state index in [9.17, 15) is 4.79 Å². The summed E-state index contributed by atoms with van der Waals surface area (Å²) in [5.74, 6) is 1.17. The van der Waals surface area contributed by atoms with Gasteiger partial charge in [-0.3, -0.25) is 9.69 Å². The minimum Gasteiger partial charge on any atom is -0.493 e. The minimum absolute atomic E-state index is 0.279. The summed E-state index contributed by atoms with van der Waals surface area (Å²) in [6, 6.07) is 8.07. The molecule has 1 fully saturated rings. The Morgan fingerprint density at radius 3 is 2.68 bits per heavy atom. The molecule has 1 aromatic rings. The van der Waals surface area contributed by atoms with E-state index >= 15 is 0 Å². The maximum Gasteiger partial charge on any atom is 0.161 e. The molecule has 1 aromatic carbocycles. The third-order valence-electron chi connectivity index (χ3n) is 4.70. The van der Waals surface area contributed by atoms with Gasteiger partial charge >= 0.3 is 0 Å². The molecule has 2 rings (SSSR count). The highest BCUT2D eigenvalue weighted by atomic mass is 16.5. The van der Waals surface area contributed by atoms with Gasteiger partial charge in [0.05, 0.1) is 6.61 Å². The van der Waals surface area contributed by atoms with Crippen LogP contribution in [0.4, 0.5) is 0 Å². The number of piperidine rings is 1. The van der Waals surface area contributed by atoms with Crippen molar-refractivity contribution in [3.05, 3.63) is 35.4 Å². The zero-order valence-corrected chi connectivity index (χ0v) is 15.9. The summed E-state index contributed by atoms with van der Waals surface area (Å²) in [6.45, 7) is 7.87. The highest BCUT2D eigenvalue weighted by Crippen LogP contribution is 2.24. The fraction of sp³-hybridized carbons (Fsp3) is 0.591. The summed E-state index contributed by atoms with van der Waals surface area (Å²) < 4.78 is 6.00. The van der Waals surface area contributed by atoms with Crippen molar-refractivity contribution >= 4 is 11.9 Å². The van der Waals surface area contributed by atoms with Crippen molar-refractivity contribution in [2.45, 2.75) is 58.8 Å². The van der Waals surface area contributed by atoms with Gasteiger partial charge in [0, 0.05) is 30.6 Å². The molecule has 25 heavy (non-hydrogen) atoms. The predicted octanol–water partition coefficient (Wildman–Crippen LogP) is 5.10. The number of carbonyl (C=O) groups excluding carboxylic acids is 1. The van der Waals surface area contributed by atoms with Crippen LogP contribution in [0, 0.1) is 0 Å². The lowest BCUT2D eigenvalue weighted by molar-refractivity contribution is -0.117. The normalized spacial score (nSPS) is 17.2. The number of para-hydroxylation sites is 1. The number of benzene rings is 1. The molecule has 138 valence electrons. The summed E-state index contributed by atoms with van der Waals surface area (Å²) in [4.78, 5) is 14.7. The van der Waals surface area contributed by atoms with Crippen LogP contribution >= 0.6 is 0 Å². The first-order chi connectivity index (χ1) is 12.2. The van der Waals surface area contributed by atoms with E-state index in [0.29, 0.717) is 6.42 Å². The molecule has 0 saturated carbocycles. The van der Waals surface area contributed by atoms with Crippen LogP contribution in [0.5, 0.6) is 5.75 Å². The third-order valence-corrected chi connectivity index (χ3v) is 4.70. The monoisotopic (exact) mass is 343 g/mol. The number of likely N-dealkylation sites (tertiary alicyclic amines) is 1. The van der Waals surface area contributed by atoms with Crippen molar-refractivity contribution in [3.63, 3.8) is 0 Å². The molecule has 0 atom stereocenters. The van der Waals surface area contributed by atoms with Crippen molar-refractivity contribution in [3.8, 4) is 5.75 Å². The van der Waals surface area contributed by atoms with Crippen LogP contribution in [0.15, 0.2) is 29.8 Å². The zero-order chi connectivity index (χ0) is 17.9. The lowest BCUT2D eigenvalue weighted by Gasteiger charge is -2.27. The lowest BCUT2D eigenvalue weighted by Crippen LogP contribution is -2.36. The number of ketones is 1. The fourth-order valence-electron chi connectivity index (χ4n) is 3.27. The van der Waals surface area contributed by atoms with Crippen LogP contribution in [0.2, 0.25) is 0 Å². The molecule has 0 radical (unpaired) electrons. The quantitative estimate of drug-likeness (QED) is 0.437. The molecular formula is C22H33NO2. The summed E-state index contributed by atoms with van der Waals surface area (Å²) >= 11 is 0. The van der Waals surface area contributed by atoms with E-state index < -0.39 is 0 Å². The molecule has 3 heteroatoms. The summed E-state index contributed by atoms with van der Waals surface area (Å²) in [7, 11) is 0. The van der Waals surface area contributed by atoms with E-state index in [0.717, 1.165) is 56.0 Å². The molecule has 0 aliphatic carbocycles. The van der Waals surface area contributed by atoms with E-state index in [4.69, 9.17) is 4.74 Å². The van der Waals surface area contributed by atoms with Crippen LogP contribution in [0.1, 0.15) is 64.4 Å². The maximum atomic E-state index is 12.3. The molecular weight excluding hydrogens is 310 g/mol. The minimum atomic E-state index is 0.279. The molecule has 0 aromatic heterocycles. The number of rotatable bonds is 10. The summed E-state index contributed by atoms with van der Waals surface area (Å²) in [5.41, 5.74) is 1.94. The average Bonchev–Trinajstić information content (AvgIpc) is 2.62. The molecule has 0 amide bonds. The Kier molecular flexibility index (Phi) is 8.75. The van der Waals surface area contributed by atoms with Crippen LogP contribution in [0.3, 0.4) is 0 Å². The van der Waals surface area contributed by atoms with Crippen molar-refractivity contribution in [2.24, 2.45) is 0 Å². The Morgan fingerprint density at radius 2 is 1.88 bits per heavy atom. The van der Waals surface area contributed by atoms with Crippen LogP contribution < -0.4 is 4.74 Å². The van der Waals surface area contributed by atoms with Gasteiger partial charge in [0.1, 0.15) is 5.75 Å². The second-order valence-corrected chi connectivity index (χ2v) is 6.92. The number of ether oxygens (including phenoxy) is 1. The molecule has 1 aliphatic heterocycles. The molecule has 1 aliphatic rings. The summed E-state index contributed by atoms with van der Waals surface area (Å²) in [6.07, 6.45) is 9.96. The lowest BCUT2D eigenvalue weighted by atomic mass is 10.00. The van der Waals surface area contributed by atoms with Gasteiger partial charge in [-0.1, -0.05) is 57.7 Å². The largest absolute Gasteiger partial charge is 0.493 e. The Balaban J connectivity index is 1.97. The van der Waals surface area contributed by atoms with Gasteiger partial charge in [-0.15, -0.1) is 0 Å². The fourth-order valence-corrected chi connectivity index (χ4v) is 3.27. The number of unbranched alkanes of at least 4 members (excludes halogenated alkanes) is 4. The van der Waals surface area contributed by atoms with Gasteiger partial charge in [0.2, 0.25) is 0 Å². The highest BCUT2D eigenvalue weighted by molar-refractivity contribution is 6.01. The molecule has 0 N–H and O–H groups in total. The maximum absolute atomic E-state index is 12.3. The third kappa shape index (κ3) is 6.66. The zero-order valence-electron chi connectivity index (χ0n) is 15.9. The van der Waals surface area contributed by atoms with E-state index in [1.54, 1.807) is 0 Å². The highest BCUT2D eigenvalue weighted by Gasteiger charge is 2.21. The Bertz CT molecular complexity index is 565. The molecule has 1 heterocycles. The molecule has 0 unspecified atom stereocenters. The van der Waals surface area contributed by atoms with Gasteiger partial charge in [-0.05, 0) is 31.5 Å². The number of hydrogen-bond acceptors (Lipinski definition) is 3. The smallest absolute Gasteiger partial charge is 0.161 e. The van der Waals surface area contributed by atoms with E-state index in [1.165, 1.54) is 25.7 Å². The van der Waals surface area contributed by atoms with E-state index in [2.05, 4.69) is 18.7 Å². The Morgan fingerprint density at radius 1 is 1.08 bits per heavy atom. The van der Waals surface area contributed by atoms with Gasteiger partial charge in [-0.25, -0.2) is 0 Å². The molecule has 0 spiro atoms. The van der Waals surface area contributed by atoms with Crippen LogP contribution in [-0.4, -0.2) is 36.9 Å². The van der Waals surface area contributed by atoms with Gasteiger partial charge < -0.3 is 4.74 Å². The van der Waals surface area contributed by atoms with Crippen molar-refractivity contribution in [1.29, 1.82) is 0 Å². The molecule has 1 saturated heterocycles. The van der Waals surface area contributed by atoms with Crippen LogP contribution in [0.25, 0.3) is 6.08 Å². The number of carbonyl (C=O) groups is 1. The van der Waals surface area contributed by atoms with Gasteiger partial charge in [0.25, 0.3) is 0 Å². The van der Waals surface area contributed by atoms with Crippen molar-refractivity contribution in [2.75, 3.05) is 26.2 Å². The van der Waals surface area contributed by atoms with E-state index in [1.807, 2.05) is 30.3 Å². The van der Waals surface area contributed by atoms with Crippen molar-refractivity contribution < 1.29 is 9.53 Å². The SMILES string of the molecule is CCCCCCCOc1ccccc1/C=C1\CN(CCC)CCC1=O. The second-order valence-electron chi connectivity index (χ2n) is 6.92. The van der Waals surface area contributed by atoms with Crippen molar-refractivity contribution in [1.82, 2.24) is 4.90 Å². The number of hydrogen-bond donors (Lipinski definition) is 0. The average molecular weight is 344 g/mol. The van der Waals surface area contributed by atoms with Gasteiger partial charge in [0.15, 0.2) is 5.78 Å². The standard InChI is InChI=1S/C22H33NO2/c1-3-5-6-7-10-16-25-22-12-9-8-11-19(22)17-20-18-23(14-4-2)15-13-21(20)24/h8-9,11-12,17H,3-7,10,13-16,18H2,1-2H3/b20-17+. The molecule has 3 nitrogen and oxygen atoms in total. The van der Waals surface area contributed by atoms with Gasteiger partial charge in [-0.2, -0.15) is 0 Å². The summed E-state index contributed by atoms with van der Waals surface area (Å²) in [5, 5.41) is 0. The van der Waals surface area contributed by atoms with Crippen LogP contribution in [-0.2, 0) is 4.79 Å². The number of nitrogens with zero attached hydrogens (tertiary/aromatic N) is 1. The predicted molar refractivity (Wildman–Crippen MR) is 105 cm³/mol. The first-order valence-electron chi connectivity index (χ1n) is 9.92. The first-order valence-corrected chi connectivity index (χ1v) is 9.92. The molecule has 0 bridgehead atoms.